The molecule has 4 bridgehead atoms. The summed E-state index contributed by atoms with van der Waals surface area (Å²) in [7, 11) is 0. The van der Waals surface area contributed by atoms with E-state index in [4.69, 9.17) is 4.98 Å². The van der Waals surface area contributed by atoms with Gasteiger partial charge in [0.1, 0.15) is 0 Å². The lowest BCUT2D eigenvalue weighted by Crippen LogP contribution is -2.55. The molecule has 314 valence electrons. The van der Waals surface area contributed by atoms with Gasteiger partial charge in [0.05, 0.1) is 39.1 Å². The van der Waals surface area contributed by atoms with Crippen LogP contribution in [0.5, 0.6) is 0 Å². The van der Waals surface area contributed by atoms with Crippen LogP contribution in [0.25, 0.3) is 99.8 Å². The fourth-order valence-corrected chi connectivity index (χ4v) is 14.3. The number of fused-ring (bicyclic) bond motifs is 9. The Morgan fingerprint density at radius 1 is 0.348 bits per heavy atom. The van der Waals surface area contributed by atoms with Gasteiger partial charge in [0.25, 0.3) is 0 Å². The third-order valence-corrected chi connectivity index (χ3v) is 16.7. The first kappa shape index (κ1) is 36.8. The van der Waals surface area contributed by atoms with Crippen molar-refractivity contribution in [2.75, 3.05) is 0 Å². The largest absolute Gasteiger partial charge is 0.309 e. The molecule has 0 unspecified atom stereocenters. The lowest BCUT2D eigenvalue weighted by Gasteiger charge is -2.61. The summed E-state index contributed by atoms with van der Waals surface area (Å²) < 4.78 is 4.98. The van der Waals surface area contributed by atoms with E-state index in [-0.39, 0.29) is 5.41 Å². The van der Waals surface area contributed by atoms with Crippen LogP contribution in [0.4, 0.5) is 0 Å². The van der Waals surface area contributed by atoms with Gasteiger partial charge in [0.15, 0.2) is 0 Å². The average Bonchev–Trinajstić information content (AvgIpc) is 3.99. The van der Waals surface area contributed by atoms with Gasteiger partial charge in [0, 0.05) is 43.8 Å². The lowest BCUT2D eigenvalue weighted by molar-refractivity contribution is -0.0399. The van der Waals surface area contributed by atoms with Crippen LogP contribution < -0.4 is 0 Å². The van der Waals surface area contributed by atoms with E-state index in [1.165, 1.54) is 104 Å². The van der Waals surface area contributed by atoms with Crippen molar-refractivity contribution in [1.29, 1.82) is 0 Å². The minimum Gasteiger partial charge on any atom is -0.309 e. The van der Waals surface area contributed by atoms with E-state index in [9.17, 15) is 0 Å². The zero-order valence-corrected chi connectivity index (χ0v) is 36.7. The van der Waals surface area contributed by atoms with E-state index in [1.54, 1.807) is 11.1 Å². The summed E-state index contributed by atoms with van der Waals surface area (Å²) >= 11 is 0. The van der Waals surface area contributed by atoms with E-state index >= 15 is 0 Å². The first-order valence-electron chi connectivity index (χ1n) is 24.1. The van der Waals surface area contributed by atoms with E-state index in [1.807, 2.05) is 0 Å². The van der Waals surface area contributed by atoms with Crippen LogP contribution in [-0.4, -0.2) is 14.1 Å². The molecule has 3 heteroatoms. The number of pyridine rings is 1. The summed E-state index contributed by atoms with van der Waals surface area (Å²) in [6.45, 7) is 0. The van der Waals surface area contributed by atoms with Gasteiger partial charge < -0.3 is 9.13 Å². The second-order valence-corrected chi connectivity index (χ2v) is 19.9. The van der Waals surface area contributed by atoms with Gasteiger partial charge in [-0.1, -0.05) is 140 Å². The fourth-order valence-electron chi connectivity index (χ4n) is 14.3. The minimum atomic E-state index is 0.134. The molecule has 0 saturated heterocycles. The van der Waals surface area contributed by atoms with Crippen molar-refractivity contribution in [2.45, 2.75) is 37.5 Å². The molecule has 5 aliphatic rings. The van der Waals surface area contributed by atoms with Gasteiger partial charge in [-0.3, -0.25) is 0 Å². The molecular formula is C63H47N3. The number of benzene rings is 8. The van der Waals surface area contributed by atoms with Crippen LogP contribution >= 0.6 is 0 Å². The first-order valence-corrected chi connectivity index (χ1v) is 24.1. The number of hydrogen-bond acceptors (Lipinski definition) is 1. The Kier molecular flexibility index (Phi) is 7.68. The van der Waals surface area contributed by atoms with Gasteiger partial charge in [-0.25, -0.2) is 4.98 Å². The summed E-state index contributed by atoms with van der Waals surface area (Å²) in [6, 6.07) is 74.7. The fraction of sp³-hybridized carbons (Fsp3) is 0.159. The van der Waals surface area contributed by atoms with E-state index in [2.05, 4.69) is 209 Å². The maximum Gasteiger partial charge on any atom is 0.0730 e. The molecule has 0 radical (unpaired) electrons. The van der Waals surface area contributed by atoms with E-state index in [0.717, 1.165) is 51.9 Å². The van der Waals surface area contributed by atoms with Gasteiger partial charge in [-0.2, -0.15) is 0 Å². The predicted molar refractivity (Wildman–Crippen MR) is 272 cm³/mol. The highest BCUT2D eigenvalue weighted by Gasteiger charge is 2.61. The van der Waals surface area contributed by atoms with Gasteiger partial charge in [0.2, 0.25) is 0 Å². The summed E-state index contributed by atoms with van der Waals surface area (Å²) in [4.78, 5) is 5.21. The molecule has 5 aliphatic carbocycles. The quantitative estimate of drug-likeness (QED) is 0.169. The van der Waals surface area contributed by atoms with Crippen molar-refractivity contribution in [1.82, 2.24) is 14.1 Å². The Morgan fingerprint density at radius 3 is 1.42 bits per heavy atom. The highest BCUT2D eigenvalue weighted by Crippen LogP contribution is 2.69. The third-order valence-electron chi connectivity index (χ3n) is 16.7. The number of nitrogens with zero attached hydrogens (tertiary/aromatic N) is 3. The van der Waals surface area contributed by atoms with Crippen molar-refractivity contribution in [3.63, 3.8) is 0 Å². The van der Waals surface area contributed by atoms with Crippen LogP contribution in [-0.2, 0) is 5.41 Å². The van der Waals surface area contributed by atoms with Crippen LogP contribution in [0.2, 0.25) is 0 Å². The molecule has 0 aliphatic heterocycles. The Morgan fingerprint density at radius 2 is 0.833 bits per heavy atom. The molecule has 0 atom stereocenters. The standard InChI is InChI=1S/C63H47N3/c1-3-13-41(14-4-1)57-37-48(38-58(64-57)42-15-5-2-6-16-42)66-60-22-12-9-19-52(60)54-35-44(24-28-62(54)66)43-23-27-61-53(34-43)51-18-8-11-21-59(51)65(61)47-25-26-50-49-17-7-10-20-55(49)63(56(50)36-47)45-30-39-29-40(32-45)33-46(63)31-39/h1-28,34-40,45-46H,29-33H2. The predicted octanol–water partition coefficient (Wildman–Crippen LogP) is 16.0. The van der Waals surface area contributed by atoms with Crippen LogP contribution in [0.1, 0.15) is 43.2 Å². The highest BCUT2D eigenvalue weighted by atomic mass is 15.0. The highest BCUT2D eigenvalue weighted by molar-refractivity contribution is 6.13. The summed E-state index contributed by atoms with van der Waals surface area (Å²) in [6.07, 6.45) is 7.04. The van der Waals surface area contributed by atoms with Crippen molar-refractivity contribution < 1.29 is 0 Å². The van der Waals surface area contributed by atoms with Gasteiger partial charge in [-0.15, -0.1) is 0 Å². The second-order valence-electron chi connectivity index (χ2n) is 19.9. The third kappa shape index (κ3) is 5.11. The van der Waals surface area contributed by atoms with Crippen molar-refractivity contribution in [3.8, 4) is 56.1 Å². The topological polar surface area (TPSA) is 22.8 Å². The monoisotopic (exact) mass is 845 g/mol. The zero-order valence-electron chi connectivity index (χ0n) is 36.7. The van der Waals surface area contributed by atoms with Crippen LogP contribution in [0, 0.1) is 23.7 Å². The number of aromatic nitrogens is 3. The van der Waals surface area contributed by atoms with Crippen LogP contribution in [0.15, 0.2) is 200 Å². The summed E-state index contributed by atoms with van der Waals surface area (Å²) in [5.74, 6) is 3.32. The Bertz CT molecular complexity index is 3690. The van der Waals surface area contributed by atoms with Crippen molar-refractivity contribution in [2.24, 2.45) is 23.7 Å². The maximum atomic E-state index is 5.21. The molecule has 4 saturated carbocycles. The molecule has 3 nitrogen and oxygen atoms in total. The summed E-state index contributed by atoms with van der Waals surface area (Å²) in [5, 5.41) is 5.06. The van der Waals surface area contributed by atoms with Crippen molar-refractivity contribution >= 4 is 43.6 Å². The molecule has 66 heavy (non-hydrogen) atoms. The molecule has 3 aromatic heterocycles. The molecule has 0 amide bonds. The average molecular weight is 846 g/mol. The molecule has 4 fully saturated rings. The maximum absolute atomic E-state index is 5.21. The van der Waals surface area contributed by atoms with Gasteiger partial charge >= 0.3 is 0 Å². The SMILES string of the molecule is c1ccc(-c2cc(-n3c4ccccc4c4cc(-c5ccc6c(c5)c5ccccc5n6-c5ccc6c(c5)C5(c7ccccc7-6)C6CC7CC(C6)CC5C7)ccc43)cc(-c3ccccc3)n2)cc1. The molecule has 0 N–H and O–H groups in total. The molecule has 3 heterocycles. The Balaban J connectivity index is 0.877. The smallest absolute Gasteiger partial charge is 0.0730 e. The van der Waals surface area contributed by atoms with Crippen LogP contribution in [0.3, 0.4) is 0 Å². The Labute approximate surface area is 384 Å². The minimum absolute atomic E-state index is 0.134. The lowest BCUT2D eigenvalue weighted by atomic mass is 9.43. The molecule has 11 aromatic rings. The molecule has 1 spiro atoms. The summed E-state index contributed by atoms with van der Waals surface area (Å²) in [5.41, 5.74) is 20.1. The van der Waals surface area contributed by atoms with E-state index in [0.29, 0.717) is 0 Å². The Hall–Kier alpha value is -7.49. The normalized spacial score (nSPS) is 21.4. The molecule has 8 aromatic carbocycles. The zero-order chi connectivity index (χ0) is 43.1. The first-order chi connectivity index (χ1) is 32.7. The molecular weight excluding hydrogens is 799 g/mol. The van der Waals surface area contributed by atoms with Crippen molar-refractivity contribution in [3.05, 3.63) is 211 Å². The number of para-hydroxylation sites is 2. The second kappa shape index (κ2) is 13.8. The number of rotatable bonds is 5. The van der Waals surface area contributed by atoms with Gasteiger partial charge in [-0.05, 0) is 150 Å². The molecule has 16 rings (SSSR count). The van der Waals surface area contributed by atoms with E-state index < -0.39 is 0 Å². The number of hydrogen-bond donors (Lipinski definition) is 0.